The molecule has 0 amide bonds. The van der Waals surface area contributed by atoms with Crippen LogP contribution in [0.1, 0.15) is 16.7 Å². The Hall–Kier alpha value is -0.820. The van der Waals surface area contributed by atoms with E-state index >= 15 is 0 Å². The van der Waals surface area contributed by atoms with Crippen LogP contribution in [0.2, 0.25) is 0 Å². The van der Waals surface area contributed by atoms with E-state index in [4.69, 9.17) is 0 Å². The number of hydrogen-bond donors (Lipinski definition) is 0. The van der Waals surface area contributed by atoms with Crippen molar-refractivity contribution in [3.05, 3.63) is 34.9 Å². The van der Waals surface area contributed by atoms with Gasteiger partial charge >= 0.3 is 0 Å². The van der Waals surface area contributed by atoms with Gasteiger partial charge < -0.3 is 4.90 Å². The van der Waals surface area contributed by atoms with Gasteiger partial charge in [-0.15, -0.1) is 0 Å². The van der Waals surface area contributed by atoms with Crippen molar-refractivity contribution in [2.75, 3.05) is 13.6 Å². The first-order valence-electron chi connectivity index (χ1n) is 4.44. The van der Waals surface area contributed by atoms with E-state index in [0.29, 0.717) is 0 Å². The lowest BCUT2D eigenvalue weighted by atomic mass is 9.96. The number of benzene rings is 1. The van der Waals surface area contributed by atoms with E-state index < -0.39 is 0 Å². The monoisotopic (exact) mass is 160 g/mol. The van der Waals surface area contributed by atoms with Crippen LogP contribution in [-0.2, 0) is 13.0 Å². The average Bonchev–Trinajstić information content (AvgIpc) is 2.07. The molecule has 12 heavy (non-hydrogen) atoms. The van der Waals surface area contributed by atoms with Gasteiger partial charge in [-0.2, -0.15) is 0 Å². The van der Waals surface area contributed by atoms with Crippen LogP contribution in [0.5, 0.6) is 0 Å². The zero-order chi connectivity index (χ0) is 8.55. The second-order valence-electron chi connectivity index (χ2n) is 3.63. The van der Waals surface area contributed by atoms with Gasteiger partial charge in [-0.05, 0) is 43.1 Å². The summed E-state index contributed by atoms with van der Waals surface area (Å²) in [7, 11) is 2.18. The summed E-state index contributed by atoms with van der Waals surface area (Å²) < 4.78 is 0. The zero-order valence-corrected chi connectivity index (χ0v) is 7.72. The van der Waals surface area contributed by atoms with E-state index in [9.17, 15) is 0 Å². The maximum atomic E-state index is 3.19. The molecule has 1 heterocycles. The molecule has 63 valence electrons. The molecule has 0 aliphatic carbocycles. The second kappa shape index (κ2) is 2.91. The molecule has 0 N–H and O–H groups in total. The Bertz CT molecular complexity index is 291. The van der Waals surface area contributed by atoms with Crippen molar-refractivity contribution in [1.82, 2.24) is 4.90 Å². The Morgan fingerprint density at radius 3 is 3.08 bits per heavy atom. The molecular weight excluding hydrogens is 146 g/mol. The number of rotatable bonds is 0. The van der Waals surface area contributed by atoms with Crippen molar-refractivity contribution in [1.29, 1.82) is 0 Å². The number of nitrogens with zero attached hydrogens (tertiary/aromatic N) is 1. The SMILES string of the molecule is Cc1c[c]cc2c1CN(C)CC2. The summed E-state index contributed by atoms with van der Waals surface area (Å²) in [5.41, 5.74) is 4.40. The van der Waals surface area contributed by atoms with Crippen LogP contribution < -0.4 is 0 Å². The van der Waals surface area contributed by atoms with Crippen molar-refractivity contribution in [2.24, 2.45) is 0 Å². The maximum Gasteiger partial charge on any atom is 0.0236 e. The van der Waals surface area contributed by atoms with Gasteiger partial charge in [0.05, 0.1) is 0 Å². The fourth-order valence-corrected chi connectivity index (χ4v) is 1.80. The Balaban J connectivity index is 2.43. The highest BCUT2D eigenvalue weighted by atomic mass is 15.1. The van der Waals surface area contributed by atoms with Gasteiger partial charge in [-0.3, -0.25) is 0 Å². The van der Waals surface area contributed by atoms with Crippen LogP contribution in [0, 0.1) is 13.0 Å². The van der Waals surface area contributed by atoms with E-state index in [1.54, 1.807) is 0 Å². The minimum absolute atomic E-state index is 1.11. The molecule has 1 radical (unpaired) electrons. The molecule has 1 heteroatoms. The molecule has 0 unspecified atom stereocenters. The van der Waals surface area contributed by atoms with Gasteiger partial charge in [-0.25, -0.2) is 0 Å². The van der Waals surface area contributed by atoms with Gasteiger partial charge in [0.2, 0.25) is 0 Å². The van der Waals surface area contributed by atoms with Crippen molar-refractivity contribution in [3.63, 3.8) is 0 Å². The lowest BCUT2D eigenvalue weighted by Gasteiger charge is -2.26. The molecule has 0 fully saturated rings. The molecule has 1 aromatic rings. The number of likely N-dealkylation sites (N-methyl/N-ethyl adjacent to an activating group) is 1. The molecule has 1 aliphatic rings. The molecule has 0 bridgehead atoms. The molecule has 0 saturated heterocycles. The highest BCUT2D eigenvalue weighted by Gasteiger charge is 2.13. The largest absolute Gasteiger partial charge is 0.302 e. The van der Waals surface area contributed by atoms with Crippen LogP contribution in [0.15, 0.2) is 12.1 Å². The van der Waals surface area contributed by atoms with Crippen LogP contribution in [0.4, 0.5) is 0 Å². The Morgan fingerprint density at radius 2 is 2.25 bits per heavy atom. The van der Waals surface area contributed by atoms with Crippen molar-refractivity contribution >= 4 is 0 Å². The summed E-state index contributed by atoms with van der Waals surface area (Å²) >= 11 is 0. The summed E-state index contributed by atoms with van der Waals surface area (Å²) in [4.78, 5) is 2.37. The van der Waals surface area contributed by atoms with Crippen molar-refractivity contribution in [2.45, 2.75) is 19.9 Å². The molecule has 1 aromatic carbocycles. The third-order valence-electron chi connectivity index (χ3n) is 2.61. The maximum absolute atomic E-state index is 3.19. The standard InChI is InChI=1S/C11H14N/c1-9-4-3-5-10-6-7-12(2)8-11(9)10/h4-5H,6-8H2,1-2H3. The zero-order valence-electron chi connectivity index (χ0n) is 7.72. The first kappa shape index (κ1) is 7.81. The topological polar surface area (TPSA) is 3.24 Å². The summed E-state index contributed by atoms with van der Waals surface area (Å²) in [5, 5.41) is 0. The predicted molar refractivity (Wildman–Crippen MR) is 50.1 cm³/mol. The van der Waals surface area contributed by atoms with Gasteiger partial charge in [0.1, 0.15) is 0 Å². The van der Waals surface area contributed by atoms with Crippen LogP contribution in [0.25, 0.3) is 0 Å². The van der Waals surface area contributed by atoms with Gasteiger partial charge in [0.15, 0.2) is 0 Å². The number of aryl methyl sites for hydroxylation is 1. The van der Waals surface area contributed by atoms with Crippen molar-refractivity contribution in [3.8, 4) is 0 Å². The van der Waals surface area contributed by atoms with Gasteiger partial charge in [-0.1, -0.05) is 12.1 Å². The fraction of sp³-hybridized carbons (Fsp3) is 0.455. The Morgan fingerprint density at radius 1 is 1.42 bits per heavy atom. The van der Waals surface area contributed by atoms with E-state index in [-0.39, 0.29) is 0 Å². The average molecular weight is 160 g/mol. The highest BCUT2D eigenvalue weighted by Crippen LogP contribution is 2.20. The first-order valence-corrected chi connectivity index (χ1v) is 4.44. The van der Waals surface area contributed by atoms with E-state index in [1.165, 1.54) is 29.7 Å². The van der Waals surface area contributed by atoms with Crippen LogP contribution in [-0.4, -0.2) is 18.5 Å². The molecular formula is C11H14N. The minimum Gasteiger partial charge on any atom is -0.302 e. The Kier molecular flexibility index (Phi) is 1.89. The third-order valence-corrected chi connectivity index (χ3v) is 2.61. The van der Waals surface area contributed by atoms with Crippen molar-refractivity contribution < 1.29 is 0 Å². The number of fused-ring (bicyclic) bond motifs is 1. The third kappa shape index (κ3) is 1.25. The minimum atomic E-state index is 1.11. The van der Waals surface area contributed by atoms with E-state index in [2.05, 4.69) is 37.1 Å². The fourth-order valence-electron chi connectivity index (χ4n) is 1.80. The highest BCUT2D eigenvalue weighted by molar-refractivity contribution is 5.35. The van der Waals surface area contributed by atoms with Gasteiger partial charge in [0, 0.05) is 13.1 Å². The predicted octanol–water partition coefficient (Wildman–Crippen LogP) is 1.78. The summed E-state index contributed by atoms with van der Waals surface area (Å²) in [6.07, 6.45) is 1.18. The summed E-state index contributed by atoms with van der Waals surface area (Å²) in [5.74, 6) is 0. The molecule has 1 nitrogen and oxygen atoms in total. The summed E-state index contributed by atoms with van der Waals surface area (Å²) in [6.45, 7) is 4.47. The lowest BCUT2D eigenvalue weighted by molar-refractivity contribution is 0.312. The van der Waals surface area contributed by atoms with E-state index in [1.807, 2.05) is 0 Å². The molecule has 0 saturated carbocycles. The lowest BCUT2D eigenvalue weighted by Crippen LogP contribution is -2.27. The quantitative estimate of drug-likeness (QED) is 0.559. The molecule has 0 aromatic heterocycles. The first-order chi connectivity index (χ1) is 5.77. The van der Waals surface area contributed by atoms with Crippen LogP contribution >= 0.6 is 0 Å². The summed E-state index contributed by atoms with van der Waals surface area (Å²) in [6, 6.07) is 7.40. The molecule has 0 atom stereocenters. The molecule has 2 rings (SSSR count). The normalized spacial score (nSPS) is 17.5. The van der Waals surface area contributed by atoms with Crippen LogP contribution in [0.3, 0.4) is 0 Å². The van der Waals surface area contributed by atoms with Gasteiger partial charge in [0.25, 0.3) is 0 Å². The molecule has 0 spiro atoms. The Labute approximate surface area is 74.0 Å². The molecule has 1 aliphatic heterocycles. The second-order valence-corrected chi connectivity index (χ2v) is 3.63. The van der Waals surface area contributed by atoms with E-state index in [0.717, 1.165) is 6.54 Å². The smallest absolute Gasteiger partial charge is 0.0236 e. The number of hydrogen-bond acceptors (Lipinski definition) is 1.